The summed E-state index contributed by atoms with van der Waals surface area (Å²) in [4.78, 5) is 6.80. The van der Waals surface area contributed by atoms with Crippen LogP contribution in [0.3, 0.4) is 0 Å². The number of ether oxygens (including phenoxy) is 2. The van der Waals surface area contributed by atoms with E-state index in [1.807, 2.05) is 56.6 Å². The number of hydrogen-bond acceptors (Lipinski definition) is 4. The van der Waals surface area contributed by atoms with Crippen LogP contribution in [0.5, 0.6) is 11.5 Å². The summed E-state index contributed by atoms with van der Waals surface area (Å²) in [5.41, 5.74) is 2.20. The highest BCUT2D eigenvalue weighted by Crippen LogP contribution is 2.17. The lowest BCUT2D eigenvalue weighted by Crippen LogP contribution is -2.36. The lowest BCUT2D eigenvalue weighted by molar-refractivity contribution is 0.261. The predicted octanol–water partition coefficient (Wildman–Crippen LogP) is 3.51. The molecule has 0 atom stereocenters. The number of nitrogens with zero attached hydrogens (tertiary/aromatic N) is 2. The maximum atomic E-state index is 5.81. The van der Waals surface area contributed by atoms with Crippen molar-refractivity contribution in [2.75, 3.05) is 40.9 Å². The number of para-hydroxylation sites is 1. The number of methoxy groups -OCH3 is 1. The third kappa shape index (κ3) is 9.36. The number of aliphatic imine (C=N–C) groups is 1. The molecule has 160 valence electrons. The minimum Gasteiger partial charge on any atom is -0.496 e. The van der Waals surface area contributed by atoms with Crippen LogP contribution in [-0.2, 0) is 13.1 Å². The van der Waals surface area contributed by atoms with Crippen molar-refractivity contribution in [1.29, 1.82) is 0 Å². The number of hydrogen-bond donors (Lipinski definition) is 2. The normalized spacial score (nSPS) is 11.0. The van der Waals surface area contributed by atoms with Crippen molar-refractivity contribution in [3.8, 4) is 11.5 Å². The average Bonchev–Trinajstić information content (AvgIpc) is 2.70. The maximum absolute atomic E-state index is 5.81. The highest BCUT2D eigenvalue weighted by atomic mass is 127. The molecule has 0 amide bonds. The smallest absolute Gasteiger partial charge is 0.191 e. The first-order chi connectivity index (χ1) is 13.6. The molecule has 2 aromatic carbocycles. The van der Waals surface area contributed by atoms with E-state index in [0.717, 1.165) is 41.7 Å². The van der Waals surface area contributed by atoms with Crippen LogP contribution in [0.25, 0.3) is 0 Å². The average molecular weight is 512 g/mol. The van der Waals surface area contributed by atoms with Crippen LogP contribution in [0.1, 0.15) is 18.1 Å². The first-order valence-electron chi connectivity index (χ1n) is 9.63. The molecule has 0 fully saturated rings. The number of nitrogens with one attached hydrogen (secondary N) is 2. The van der Waals surface area contributed by atoms with Gasteiger partial charge in [-0.3, -0.25) is 0 Å². The van der Waals surface area contributed by atoms with Gasteiger partial charge in [0.15, 0.2) is 5.96 Å². The molecule has 6 nitrogen and oxygen atoms in total. The molecule has 0 aromatic heterocycles. The van der Waals surface area contributed by atoms with Crippen LogP contribution >= 0.6 is 24.0 Å². The summed E-state index contributed by atoms with van der Waals surface area (Å²) < 4.78 is 11.2. The summed E-state index contributed by atoms with van der Waals surface area (Å²) in [5, 5.41) is 6.65. The zero-order chi connectivity index (χ0) is 20.2. The second kappa shape index (κ2) is 14.1. The van der Waals surface area contributed by atoms with E-state index in [1.54, 1.807) is 7.11 Å². The van der Waals surface area contributed by atoms with Gasteiger partial charge in [0.05, 0.1) is 13.7 Å². The monoisotopic (exact) mass is 512 g/mol. The fourth-order valence-corrected chi connectivity index (χ4v) is 2.62. The fraction of sp³-hybridized carbons (Fsp3) is 0.409. The summed E-state index contributed by atoms with van der Waals surface area (Å²) >= 11 is 0. The number of guanidine groups is 1. The Morgan fingerprint density at radius 1 is 1.07 bits per heavy atom. The van der Waals surface area contributed by atoms with Crippen LogP contribution in [0.15, 0.2) is 53.5 Å². The standard InChI is InChI=1S/C22H32N4O2.HI/c1-5-23-22(25-17-19-10-6-7-12-21(19)27-4)24-16-18-9-8-11-20(15-18)28-14-13-26(2)3;/h6-12,15H,5,13-14,16-17H2,1-4H3,(H2,23,24,25);1H. The molecule has 0 heterocycles. The topological polar surface area (TPSA) is 58.1 Å². The van der Waals surface area contributed by atoms with Crippen molar-refractivity contribution in [3.63, 3.8) is 0 Å². The van der Waals surface area contributed by atoms with Crippen molar-refractivity contribution in [3.05, 3.63) is 59.7 Å². The summed E-state index contributed by atoms with van der Waals surface area (Å²) in [5.74, 6) is 2.52. The van der Waals surface area contributed by atoms with Crippen LogP contribution in [0, 0.1) is 0 Å². The van der Waals surface area contributed by atoms with Crippen molar-refractivity contribution >= 4 is 29.9 Å². The van der Waals surface area contributed by atoms with Gasteiger partial charge in [-0.15, -0.1) is 24.0 Å². The Labute approximate surface area is 191 Å². The Kier molecular flexibility index (Phi) is 12.1. The molecule has 7 heteroatoms. The van der Waals surface area contributed by atoms with E-state index in [2.05, 4.69) is 28.5 Å². The third-order valence-corrected chi connectivity index (χ3v) is 4.11. The van der Waals surface area contributed by atoms with E-state index < -0.39 is 0 Å². The van der Waals surface area contributed by atoms with Crippen molar-refractivity contribution in [2.24, 2.45) is 4.99 Å². The predicted molar refractivity (Wildman–Crippen MR) is 131 cm³/mol. The summed E-state index contributed by atoms with van der Waals surface area (Å²) in [6, 6.07) is 16.1. The Balaban J connectivity index is 0.00000420. The summed E-state index contributed by atoms with van der Waals surface area (Å²) in [6.07, 6.45) is 0. The molecular formula is C22H33IN4O2. The quantitative estimate of drug-likeness (QED) is 0.290. The highest BCUT2D eigenvalue weighted by Gasteiger charge is 2.04. The van der Waals surface area contributed by atoms with E-state index in [1.165, 1.54) is 0 Å². The van der Waals surface area contributed by atoms with E-state index in [9.17, 15) is 0 Å². The van der Waals surface area contributed by atoms with Crippen molar-refractivity contribution in [1.82, 2.24) is 15.5 Å². The summed E-state index contributed by atoms with van der Waals surface area (Å²) in [7, 11) is 5.76. The minimum atomic E-state index is 0. The van der Waals surface area contributed by atoms with Gasteiger partial charge in [0, 0.05) is 25.2 Å². The van der Waals surface area contributed by atoms with Gasteiger partial charge in [0.25, 0.3) is 0 Å². The molecule has 0 unspecified atom stereocenters. The Morgan fingerprint density at radius 3 is 2.59 bits per heavy atom. The second-order valence-electron chi connectivity index (χ2n) is 6.66. The molecule has 0 aliphatic carbocycles. The van der Waals surface area contributed by atoms with E-state index in [0.29, 0.717) is 19.7 Å². The Bertz CT molecular complexity index is 753. The zero-order valence-corrected chi connectivity index (χ0v) is 20.1. The van der Waals surface area contributed by atoms with Gasteiger partial charge in [0.1, 0.15) is 18.1 Å². The van der Waals surface area contributed by atoms with E-state index >= 15 is 0 Å². The van der Waals surface area contributed by atoms with Crippen molar-refractivity contribution in [2.45, 2.75) is 20.0 Å². The molecule has 29 heavy (non-hydrogen) atoms. The zero-order valence-electron chi connectivity index (χ0n) is 17.8. The maximum Gasteiger partial charge on any atom is 0.191 e. The third-order valence-electron chi connectivity index (χ3n) is 4.11. The largest absolute Gasteiger partial charge is 0.496 e. The van der Waals surface area contributed by atoms with Crippen molar-refractivity contribution < 1.29 is 9.47 Å². The molecule has 0 spiro atoms. The van der Waals surface area contributed by atoms with Gasteiger partial charge < -0.3 is 25.0 Å². The summed E-state index contributed by atoms with van der Waals surface area (Å²) in [6.45, 7) is 5.63. The van der Waals surface area contributed by atoms with Crippen LogP contribution in [0.4, 0.5) is 0 Å². The van der Waals surface area contributed by atoms with Gasteiger partial charge in [-0.2, -0.15) is 0 Å². The SMILES string of the molecule is CCNC(=NCc1cccc(OCCN(C)C)c1)NCc1ccccc1OC.I. The molecule has 0 saturated carbocycles. The highest BCUT2D eigenvalue weighted by molar-refractivity contribution is 14.0. The number of likely N-dealkylation sites (N-methyl/N-ethyl adjacent to an activating group) is 1. The number of rotatable bonds is 10. The molecule has 0 radical (unpaired) electrons. The molecule has 0 saturated heterocycles. The lowest BCUT2D eigenvalue weighted by atomic mass is 10.2. The van der Waals surface area contributed by atoms with Gasteiger partial charge in [-0.25, -0.2) is 4.99 Å². The molecule has 0 bridgehead atoms. The first kappa shape index (κ1) is 25.0. The second-order valence-corrected chi connectivity index (χ2v) is 6.66. The first-order valence-corrected chi connectivity index (χ1v) is 9.63. The molecule has 0 aliphatic rings. The van der Waals surface area contributed by atoms with Crippen LogP contribution in [-0.4, -0.2) is 51.8 Å². The number of halogens is 1. The van der Waals surface area contributed by atoms with Gasteiger partial charge in [0.2, 0.25) is 0 Å². The molecule has 0 aliphatic heterocycles. The lowest BCUT2D eigenvalue weighted by Gasteiger charge is -2.14. The molecule has 2 rings (SSSR count). The minimum absolute atomic E-state index is 0. The molecule has 2 aromatic rings. The Hall–Kier alpha value is -2.00. The van der Waals surface area contributed by atoms with E-state index in [-0.39, 0.29) is 24.0 Å². The van der Waals surface area contributed by atoms with Crippen LogP contribution < -0.4 is 20.1 Å². The van der Waals surface area contributed by atoms with Gasteiger partial charge in [-0.1, -0.05) is 30.3 Å². The van der Waals surface area contributed by atoms with E-state index in [4.69, 9.17) is 14.5 Å². The number of benzene rings is 2. The van der Waals surface area contributed by atoms with Gasteiger partial charge >= 0.3 is 0 Å². The van der Waals surface area contributed by atoms with Gasteiger partial charge in [-0.05, 0) is 44.8 Å². The fourth-order valence-electron chi connectivity index (χ4n) is 2.62. The molecule has 2 N–H and O–H groups in total. The molecular weight excluding hydrogens is 479 g/mol. The Morgan fingerprint density at radius 2 is 1.86 bits per heavy atom. The van der Waals surface area contributed by atoms with Crippen LogP contribution in [0.2, 0.25) is 0 Å².